The fraction of sp³-hybridized carbons (Fsp3) is 0.444. The summed E-state index contributed by atoms with van der Waals surface area (Å²) in [6.45, 7) is 3.42. The second kappa shape index (κ2) is 8.41. The summed E-state index contributed by atoms with van der Waals surface area (Å²) in [7, 11) is 0. The van der Waals surface area contributed by atoms with Gasteiger partial charge in [0.2, 0.25) is 0 Å². The summed E-state index contributed by atoms with van der Waals surface area (Å²) in [5.74, 6) is -0.781. The van der Waals surface area contributed by atoms with Crippen LogP contribution in [0.4, 0.5) is 5.69 Å². The zero-order valence-electron chi connectivity index (χ0n) is 14.2. The summed E-state index contributed by atoms with van der Waals surface area (Å²) in [6, 6.07) is 5.28. The van der Waals surface area contributed by atoms with Gasteiger partial charge in [0.05, 0.1) is 10.5 Å². The molecular weight excluding hydrogens is 326 g/mol. The number of nitro benzene ring substituents is 1. The molecule has 0 saturated heterocycles. The number of ether oxygens (including phenoxy) is 2. The van der Waals surface area contributed by atoms with Gasteiger partial charge in [0.1, 0.15) is 12.2 Å². The third-order valence-corrected chi connectivity index (χ3v) is 4.05. The lowest BCUT2D eigenvalue weighted by Gasteiger charge is -2.30. The van der Waals surface area contributed by atoms with Crippen molar-refractivity contribution in [2.45, 2.75) is 45.3 Å². The molecule has 1 aromatic carbocycles. The molecule has 25 heavy (non-hydrogen) atoms. The van der Waals surface area contributed by atoms with Gasteiger partial charge in [0.15, 0.2) is 0 Å². The topological polar surface area (TPSA) is 95.7 Å². The lowest BCUT2D eigenvalue weighted by molar-refractivity contribution is -0.384. The minimum Gasteiger partial charge on any atom is -0.458 e. The normalized spacial score (nSPS) is 22.2. The number of carbonyl (C=O) groups excluding carboxylic acids is 2. The molecule has 1 aromatic rings. The molecule has 3 atom stereocenters. The Morgan fingerprint density at radius 2 is 1.88 bits per heavy atom. The van der Waals surface area contributed by atoms with Crippen LogP contribution in [-0.2, 0) is 14.3 Å². The Hall–Kier alpha value is -2.70. The number of non-ortho nitro benzene ring substituents is 1. The third kappa shape index (κ3) is 5.14. The molecule has 0 aromatic heterocycles. The third-order valence-electron chi connectivity index (χ3n) is 4.05. The van der Waals surface area contributed by atoms with E-state index >= 15 is 0 Å². The first-order valence-corrected chi connectivity index (χ1v) is 8.21. The molecule has 0 heterocycles. The second-order valence-corrected chi connectivity index (χ2v) is 5.99. The number of rotatable bonds is 6. The van der Waals surface area contributed by atoms with Crippen LogP contribution in [0.1, 0.15) is 43.5 Å². The lowest BCUT2D eigenvalue weighted by Crippen LogP contribution is -2.33. The quantitative estimate of drug-likeness (QED) is 0.338. The van der Waals surface area contributed by atoms with Crippen LogP contribution < -0.4 is 0 Å². The van der Waals surface area contributed by atoms with Crippen molar-refractivity contribution >= 4 is 17.6 Å². The van der Waals surface area contributed by atoms with Gasteiger partial charge >= 0.3 is 11.9 Å². The number of nitro groups is 1. The molecule has 2 rings (SSSR count). The van der Waals surface area contributed by atoms with Crippen molar-refractivity contribution in [3.05, 3.63) is 52.1 Å². The predicted molar refractivity (Wildman–Crippen MR) is 90.0 cm³/mol. The number of benzene rings is 1. The zero-order valence-corrected chi connectivity index (χ0v) is 14.2. The van der Waals surface area contributed by atoms with Crippen LogP contribution >= 0.6 is 0 Å². The van der Waals surface area contributed by atoms with E-state index in [0.717, 1.165) is 12.8 Å². The van der Waals surface area contributed by atoms with Crippen molar-refractivity contribution in [2.24, 2.45) is 5.92 Å². The molecule has 7 nitrogen and oxygen atoms in total. The summed E-state index contributed by atoms with van der Waals surface area (Å²) < 4.78 is 10.8. The Morgan fingerprint density at radius 1 is 1.20 bits per heavy atom. The van der Waals surface area contributed by atoms with Crippen molar-refractivity contribution < 1.29 is 24.0 Å². The lowest BCUT2D eigenvalue weighted by atomic mass is 9.86. The van der Waals surface area contributed by atoms with Gasteiger partial charge < -0.3 is 9.47 Å². The maximum atomic E-state index is 12.2. The molecule has 0 aliphatic heterocycles. The number of hydrogen-bond acceptors (Lipinski definition) is 6. The Balaban J connectivity index is 2.02. The van der Waals surface area contributed by atoms with E-state index in [1.165, 1.54) is 31.2 Å². The first kappa shape index (κ1) is 18.6. The van der Waals surface area contributed by atoms with Crippen molar-refractivity contribution in [3.8, 4) is 0 Å². The molecule has 7 heteroatoms. The minimum absolute atomic E-state index is 0.0821. The van der Waals surface area contributed by atoms with E-state index in [-0.39, 0.29) is 29.2 Å². The highest BCUT2D eigenvalue weighted by molar-refractivity contribution is 5.89. The van der Waals surface area contributed by atoms with Gasteiger partial charge in [-0.05, 0) is 37.1 Å². The van der Waals surface area contributed by atoms with Gasteiger partial charge in [0.25, 0.3) is 5.69 Å². The highest BCUT2D eigenvalue weighted by atomic mass is 16.6. The molecule has 0 saturated carbocycles. The van der Waals surface area contributed by atoms with Crippen LogP contribution in [0.2, 0.25) is 0 Å². The van der Waals surface area contributed by atoms with E-state index in [9.17, 15) is 19.7 Å². The Bertz CT molecular complexity index is 667. The molecule has 0 radical (unpaired) electrons. The van der Waals surface area contributed by atoms with E-state index in [0.29, 0.717) is 6.42 Å². The summed E-state index contributed by atoms with van der Waals surface area (Å²) >= 11 is 0. The number of carbonyl (C=O) groups is 2. The first-order chi connectivity index (χ1) is 11.9. The average molecular weight is 347 g/mol. The Kier molecular flexibility index (Phi) is 6.27. The van der Waals surface area contributed by atoms with Crippen LogP contribution in [-0.4, -0.2) is 29.1 Å². The predicted octanol–water partition coefficient (Wildman–Crippen LogP) is 3.43. The molecule has 0 unspecified atom stereocenters. The SMILES string of the molecule is CCC[C@@H]1C[C@@H](OC(=O)c2ccc([N+](=O)[O-])cc2)C=C[C@H]1OC(C)=O. The molecule has 134 valence electrons. The van der Waals surface area contributed by atoms with Gasteiger partial charge in [-0.1, -0.05) is 13.3 Å². The number of nitrogens with zero attached hydrogens (tertiary/aromatic N) is 1. The number of esters is 2. The molecule has 0 spiro atoms. The summed E-state index contributed by atoms with van der Waals surface area (Å²) in [5.41, 5.74) is 0.175. The van der Waals surface area contributed by atoms with Crippen LogP contribution in [0.3, 0.4) is 0 Å². The molecule has 0 amide bonds. The Morgan fingerprint density at radius 3 is 2.44 bits per heavy atom. The highest BCUT2D eigenvalue weighted by Crippen LogP contribution is 2.28. The van der Waals surface area contributed by atoms with E-state index in [4.69, 9.17) is 9.47 Å². The van der Waals surface area contributed by atoms with Gasteiger partial charge in [-0.25, -0.2) is 4.79 Å². The fourth-order valence-corrected chi connectivity index (χ4v) is 2.89. The van der Waals surface area contributed by atoms with Gasteiger partial charge in [-0.2, -0.15) is 0 Å². The molecule has 0 fully saturated rings. The van der Waals surface area contributed by atoms with Gasteiger partial charge in [0, 0.05) is 25.0 Å². The van der Waals surface area contributed by atoms with Crippen LogP contribution in [0.25, 0.3) is 0 Å². The van der Waals surface area contributed by atoms with Gasteiger partial charge in [-0.15, -0.1) is 0 Å². The monoisotopic (exact) mass is 347 g/mol. The van der Waals surface area contributed by atoms with Gasteiger partial charge in [-0.3, -0.25) is 14.9 Å². The van der Waals surface area contributed by atoms with Crippen LogP contribution in [0.15, 0.2) is 36.4 Å². The van der Waals surface area contributed by atoms with E-state index < -0.39 is 17.0 Å². The maximum absolute atomic E-state index is 12.2. The van der Waals surface area contributed by atoms with Crippen molar-refractivity contribution in [3.63, 3.8) is 0 Å². The van der Waals surface area contributed by atoms with Crippen molar-refractivity contribution in [2.75, 3.05) is 0 Å². The van der Waals surface area contributed by atoms with E-state index in [1.54, 1.807) is 12.2 Å². The highest BCUT2D eigenvalue weighted by Gasteiger charge is 2.30. The molecular formula is C18H21NO6. The van der Waals surface area contributed by atoms with Crippen molar-refractivity contribution in [1.29, 1.82) is 0 Å². The summed E-state index contributed by atoms with van der Waals surface area (Å²) in [5, 5.41) is 10.6. The van der Waals surface area contributed by atoms with E-state index in [2.05, 4.69) is 0 Å². The maximum Gasteiger partial charge on any atom is 0.338 e. The number of hydrogen-bond donors (Lipinski definition) is 0. The molecule has 0 N–H and O–H groups in total. The second-order valence-electron chi connectivity index (χ2n) is 5.99. The molecule has 1 aliphatic carbocycles. The van der Waals surface area contributed by atoms with Crippen LogP contribution in [0.5, 0.6) is 0 Å². The van der Waals surface area contributed by atoms with Crippen molar-refractivity contribution in [1.82, 2.24) is 0 Å². The first-order valence-electron chi connectivity index (χ1n) is 8.21. The zero-order chi connectivity index (χ0) is 18.4. The minimum atomic E-state index is -0.536. The molecule has 0 bridgehead atoms. The summed E-state index contributed by atoms with van der Waals surface area (Å²) in [6.07, 6.45) is 5.13. The Labute approximate surface area is 145 Å². The standard InChI is InChI=1S/C18H21NO6/c1-3-4-14-11-16(9-10-17(14)24-12(2)20)25-18(21)13-5-7-15(8-6-13)19(22)23/h5-10,14,16-17H,3-4,11H2,1-2H3/t14-,16+,17-/m1/s1. The smallest absolute Gasteiger partial charge is 0.338 e. The fourth-order valence-electron chi connectivity index (χ4n) is 2.89. The van der Waals surface area contributed by atoms with E-state index in [1.807, 2.05) is 6.92 Å². The average Bonchev–Trinajstić information content (AvgIpc) is 2.57. The summed E-state index contributed by atoms with van der Waals surface area (Å²) in [4.78, 5) is 33.5. The van der Waals surface area contributed by atoms with Crippen LogP contribution in [0, 0.1) is 16.0 Å². The molecule has 1 aliphatic rings. The largest absolute Gasteiger partial charge is 0.458 e.